The molecule has 0 heterocycles. The zero-order chi connectivity index (χ0) is 14.8. The van der Waals surface area contributed by atoms with Crippen LogP contribution < -0.4 is 5.73 Å². The molecule has 1 aliphatic carbocycles. The molecule has 108 valence electrons. The van der Waals surface area contributed by atoms with Crippen molar-refractivity contribution in [2.24, 2.45) is 0 Å². The van der Waals surface area contributed by atoms with Gasteiger partial charge in [-0.2, -0.15) is 0 Å². The predicted octanol–water partition coefficient (Wildman–Crippen LogP) is 3.73. The second kappa shape index (κ2) is 5.78. The summed E-state index contributed by atoms with van der Waals surface area (Å²) >= 11 is 5.92. The number of carbonyl (C=O) groups is 1. The van der Waals surface area contributed by atoms with Gasteiger partial charge in [0.1, 0.15) is 0 Å². The maximum atomic E-state index is 12.7. The lowest BCUT2D eigenvalue weighted by atomic mass is 10.1. The fourth-order valence-corrected chi connectivity index (χ4v) is 2.49. The summed E-state index contributed by atoms with van der Waals surface area (Å²) < 4.78 is 0. The van der Waals surface area contributed by atoms with Crippen LogP contribution in [0.3, 0.4) is 0 Å². The Labute approximate surface area is 129 Å². The van der Waals surface area contributed by atoms with E-state index in [1.165, 1.54) is 0 Å². The van der Waals surface area contributed by atoms with E-state index >= 15 is 0 Å². The SMILES string of the molecule is Nc1cc(C(=O)N(Cc2ccccc2)C2CC2)ccc1Cl. The summed E-state index contributed by atoms with van der Waals surface area (Å²) in [6.45, 7) is 0.632. The van der Waals surface area contributed by atoms with Crippen molar-refractivity contribution in [1.29, 1.82) is 0 Å². The summed E-state index contributed by atoms with van der Waals surface area (Å²) in [4.78, 5) is 14.7. The summed E-state index contributed by atoms with van der Waals surface area (Å²) in [5.41, 5.74) is 7.98. The van der Waals surface area contributed by atoms with Crippen LogP contribution in [0.25, 0.3) is 0 Å². The highest BCUT2D eigenvalue weighted by Crippen LogP contribution is 2.30. The molecule has 2 aromatic carbocycles. The highest BCUT2D eigenvalue weighted by atomic mass is 35.5. The Balaban J connectivity index is 1.83. The lowest BCUT2D eigenvalue weighted by Gasteiger charge is -2.23. The predicted molar refractivity (Wildman–Crippen MR) is 85.2 cm³/mol. The highest BCUT2D eigenvalue weighted by molar-refractivity contribution is 6.33. The summed E-state index contributed by atoms with van der Waals surface area (Å²) in [6.07, 6.45) is 2.14. The molecule has 4 heteroatoms. The van der Waals surface area contributed by atoms with Gasteiger partial charge < -0.3 is 10.6 Å². The highest BCUT2D eigenvalue weighted by Gasteiger charge is 2.33. The maximum Gasteiger partial charge on any atom is 0.254 e. The van der Waals surface area contributed by atoms with Crippen molar-refractivity contribution >= 4 is 23.2 Å². The van der Waals surface area contributed by atoms with Crippen LogP contribution >= 0.6 is 11.6 Å². The minimum atomic E-state index is 0.0183. The molecule has 1 saturated carbocycles. The van der Waals surface area contributed by atoms with Crippen LogP contribution in [0.2, 0.25) is 5.02 Å². The van der Waals surface area contributed by atoms with Crippen LogP contribution in [-0.4, -0.2) is 16.8 Å². The second-order valence-corrected chi connectivity index (χ2v) is 5.79. The molecule has 0 radical (unpaired) electrons. The zero-order valence-corrected chi connectivity index (χ0v) is 12.4. The molecule has 1 amide bonds. The molecule has 2 aromatic rings. The van der Waals surface area contributed by atoms with Crippen LogP contribution in [0.5, 0.6) is 0 Å². The normalized spacial score (nSPS) is 14.0. The van der Waals surface area contributed by atoms with Gasteiger partial charge in [-0.25, -0.2) is 0 Å². The number of halogens is 1. The summed E-state index contributed by atoms with van der Waals surface area (Å²) in [5.74, 6) is 0.0183. The van der Waals surface area contributed by atoms with Crippen LogP contribution in [0.15, 0.2) is 48.5 Å². The summed E-state index contributed by atoms with van der Waals surface area (Å²) in [5, 5.41) is 0.479. The molecule has 0 aromatic heterocycles. The molecule has 0 atom stereocenters. The molecular weight excluding hydrogens is 284 g/mol. The molecule has 1 fully saturated rings. The van der Waals surface area contributed by atoms with Crippen molar-refractivity contribution in [2.45, 2.75) is 25.4 Å². The summed E-state index contributed by atoms with van der Waals surface area (Å²) in [7, 11) is 0. The van der Waals surface area contributed by atoms with Gasteiger partial charge in [0.05, 0.1) is 10.7 Å². The molecule has 21 heavy (non-hydrogen) atoms. The average Bonchev–Trinajstić information content (AvgIpc) is 3.33. The first-order chi connectivity index (χ1) is 10.1. The number of nitrogens with zero attached hydrogens (tertiary/aromatic N) is 1. The molecule has 0 unspecified atom stereocenters. The minimum absolute atomic E-state index is 0.0183. The van der Waals surface area contributed by atoms with Crippen molar-refractivity contribution < 1.29 is 4.79 Å². The van der Waals surface area contributed by atoms with Crippen LogP contribution in [0.4, 0.5) is 5.69 Å². The Morgan fingerprint density at radius 1 is 1.19 bits per heavy atom. The van der Waals surface area contributed by atoms with Crippen molar-refractivity contribution in [1.82, 2.24) is 4.90 Å². The second-order valence-electron chi connectivity index (χ2n) is 5.39. The first kappa shape index (κ1) is 14.0. The molecule has 3 rings (SSSR count). The van der Waals surface area contributed by atoms with Gasteiger partial charge in [0.15, 0.2) is 0 Å². The Morgan fingerprint density at radius 2 is 1.90 bits per heavy atom. The van der Waals surface area contributed by atoms with E-state index in [2.05, 4.69) is 0 Å². The first-order valence-corrected chi connectivity index (χ1v) is 7.43. The number of hydrogen-bond acceptors (Lipinski definition) is 2. The molecule has 0 bridgehead atoms. The van der Waals surface area contributed by atoms with Crippen molar-refractivity contribution in [3.63, 3.8) is 0 Å². The van der Waals surface area contributed by atoms with Gasteiger partial charge >= 0.3 is 0 Å². The third-order valence-corrected chi connectivity index (χ3v) is 4.03. The number of benzene rings is 2. The minimum Gasteiger partial charge on any atom is -0.398 e. The lowest BCUT2D eigenvalue weighted by molar-refractivity contribution is 0.0730. The smallest absolute Gasteiger partial charge is 0.254 e. The van der Waals surface area contributed by atoms with Crippen molar-refractivity contribution in [3.8, 4) is 0 Å². The van der Waals surface area contributed by atoms with Gasteiger partial charge in [0, 0.05) is 18.2 Å². The number of nitrogen functional groups attached to an aromatic ring is 1. The van der Waals surface area contributed by atoms with Crippen LogP contribution in [0, 0.1) is 0 Å². The number of carbonyl (C=O) groups excluding carboxylic acids is 1. The molecule has 1 aliphatic rings. The summed E-state index contributed by atoms with van der Waals surface area (Å²) in [6, 6.07) is 15.5. The van der Waals surface area contributed by atoms with Gasteiger partial charge in [-0.3, -0.25) is 4.79 Å². The number of hydrogen-bond donors (Lipinski definition) is 1. The van der Waals surface area contributed by atoms with Gasteiger partial charge in [0.25, 0.3) is 5.91 Å². The van der Waals surface area contributed by atoms with E-state index in [4.69, 9.17) is 17.3 Å². The zero-order valence-electron chi connectivity index (χ0n) is 11.6. The quantitative estimate of drug-likeness (QED) is 0.875. The van der Waals surface area contributed by atoms with E-state index in [0.717, 1.165) is 18.4 Å². The van der Waals surface area contributed by atoms with Crippen LogP contribution in [0.1, 0.15) is 28.8 Å². The molecular formula is C17H17ClN2O. The number of nitrogens with two attached hydrogens (primary N) is 1. The molecule has 0 saturated heterocycles. The molecule has 2 N–H and O–H groups in total. The number of anilines is 1. The third-order valence-electron chi connectivity index (χ3n) is 3.69. The van der Waals surface area contributed by atoms with E-state index < -0.39 is 0 Å². The topological polar surface area (TPSA) is 46.3 Å². The van der Waals surface area contributed by atoms with Gasteiger partial charge in [-0.1, -0.05) is 41.9 Å². The fourth-order valence-electron chi connectivity index (χ4n) is 2.38. The number of rotatable bonds is 4. The van der Waals surface area contributed by atoms with Crippen molar-refractivity contribution in [2.75, 3.05) is 5.73 Å². The molecule has 0 spiro atoms. The van der Waals surface area contributed by atoms with Gasteiger partial charge in [-0.15, -0.1) is 0 Å². The maximum absolute atomic E-state index is 12.7. The van der Waals surface area contributed by atoms with E-state index in [0.29, 0.717) is 28.9 Å². The van der Waals surface area contributed by atoms with Gasteiger partial charge in [-0.05, 0) is 36.6 Å². The van der Waals surface area contributed by atoms with E-state index in [1.807, 2.05) is 35.2 Å². The third kappa shape index (κ3) is 3.19. The Hall–Kier alpha value is -2.00. The average molecular weight is 301 g/mol. The first-order valence-electron chi connectivity index (χ1n) is 7.05. The standard InChI is InChI=1S/C17H17ClN2O/c18-15-9-6-13(10-16(15)19)17(21)20(14-7-8-14)11-12-4-2-1-3-5-12/h1-6,9-10,14H,7-8,11,19H2. The largest absolute Gasteiger partial charge is 0.398 e. The van der Waals surface area contributed by atoms with Gasteiger partial charge in [0.2, 0.25) is 0 Å². The fraction of sp³-hybridized carbons (Fsp3) is 0.235. The Morgan fingerprint density at radius 3 is 2.52 bits per heavy atom. The van der Waals surface area contributed by atoms with E-state index in [1.54, 1.807) is 18.2 Å². The number of amides is 1. The van der Waals surface area contributed by atoms with E-state index in [-0.39, 0.29) is 5.91 Å². The molecule has 3 nitrogen and oxygen atoms in total. The Kier molecular flexibility index (Phi) is 3.84. The van der Waals surface area contributed by atoms with Crippen LogP contribution in [-0.2, 0) is 6.54 Å². The lowest BCUT2D eigenvalue weighted by Crippen LogP contribution is -2.32. The monoisotopic (exact) mass is 300 g/mol. The Bertz CT molecular complexity index is 653. The van der Waals surface area contributed by atoms with Crippen molar-refractivity contribution in [3.05, 3.63) is 64.7 Å². The van der Waals surface area contributed by atoms with E-state index in [9.17, 15) is 4.79 Å². The molecule has 0 aliphatic heterocycles.